The van der Waals surface area contributed by atoms with Crippen molar-refractivity contribution in [2.75, 3.05) is 20.1 Å². The molecule has 0 bridgehead atoms. The average Bonchev–Trinajstić information content (AvgIpc) is 2.96. The molecule has 0 unspecified atom stereocenters. The first-order chi connectivity index (χ1) is 7.24. The van der Waals surface area contributed by atoms with Crippen LogP contribution in [-0.2, 0) is 4.79 Å². The number of hydrogen-bond donors (Lipinski definition) is 0. The van der Waals surface area contributed by atoms with Gasteiger partial charge in [0.1, 0.15) is 5.78 Å². The smallest absolute Gasteiger partial charge is 0.147 e. The highest BCUT2D eigenvalue weighted by atomic mass is 16.1. The summed E-state index contributed by atoms with van der Waals surface area (Å²) in [7, 11) is 2.08. The second kappa shape index (κ2) is 5.11. The molecule has 0 aromatic heterocycles. The Kier molecular flexibility index (Phi) is 3.79. The van der Waals surface area contributed by atoms with E-state index in [1.807, 2.05) is 0 Å². The molecule has 2 nitrogen and oxygen atoms in total. The molecule has 2 rings (SSSR count). The summed E-state index contributed by atoms with van der Waals surface area (Å²) in [5.74, 6) is 2.23. The fourth-order valence-electron chi connectivity index (χ4n) is 2.15. The highest BCUT2D eigenvalue weighted by molar-refractivity contribution is 5.80. The zero-order valence-electron chi connectivity index (χ0n) is 9.87. The fraction of sp³-hybridized carbons (Fsp3) is 0.923. The summed E-state index contributed by atoms with van der Waals surface area (Å²) >= 11 is 0. The van der Waals surface area contributed by atoms with Crippen molar-refractivity contribution < 1.29 is 4.79 Å². The fourth-order valence-corrected chi connectivity index (χ4v) is 2.15. The molecule has 0 spiro atoms. The van der Waals surface area contributed by atoms with Crippen LogP contribution >= 0.6 is 0 Å². The highest BCUT2D eigenvalue weighted by Crippen LogP contribution is 2.33. The second-order valence-electron chi connectivity index (χ2n) is 5.51. The molecular weight excluding hydrogens is 186 g/mol. The number of carbonyl (C=O) groups excluding carboxylic acids is 1. The average molecular weight is 209 g/mol. The summed E-state index contributed by atoms with van der Waals surface area (Å²) in [6, 6.07) is 0. The highest BCUT2D eigenvalue weighted by Gasteiger charge is 2.24. The molecule has 0 radical (unpaired) electrons. The van der Waals surface area contributed by atoms with Crippen molar-refractivity contribution in [2.24, 2.45) is 11.8 Å². The van der Waals surface area contributed by atoms with E-state index >= 15 is 0 Å². The maximum atomic E-state index is 11.6. The van der Waals surface area contributed by atoms with Crippen molar-refractivity contribution in [2.45, 2.75) is 44.9 Å². The lowest BCUT2D eigenvalue weighted by molar-refractivity contribution is -0.120. The lowest BCUT2D eigenvalue weighted by Gasteiger charge is -2.15. The Hall–Kier alpha value is -0.370. The predicted molar refractivity (Wildman–Crippen MR) is 61.8 cm³/mol. The first kappa shape index (κ1) is 11.1. The molecule has 2 fully saturated rings. The monoisotopic (exact) mass is 209 g/mol. The van der Waals surface area contributed by atoms with Crippen molar-refractivity contribution in [1.82, 2.24) is 4.90 Å². The molecule has 2 aliphatic rings. The van der Waals surface area contributed by atoms with Crippen molar-refractivity contribution in [3.63, 3.8) is 0 Å². The summed E-state index contributed by atoms with van der Waals surface area (Å²) in [6.45, 7) is 1.79. The Balaban J connectivity index is 1.49. The van der Waals surface area contributed by atoms with E-state index in [0.29, 0.717) is 12.3 Å². The predicted octanol–water partition coefficient (Wildman–Crippen LogP) is 2.48. The summed E-state index contributed by atoms with van der Waals surface area (Å²) in [5, 5.41) is 0. The Labute approximate surface area is 93.0 Å². The molecule has 0 saturated heterocycles. The zero-order chi connectivity index (χ0) is 10.7. The number of ketones is 1. The molecule has 0 N–H and O–H groups in total. The first-order valence-electron chi connectivity index (χ1n) is 6.44. The zero-order valence-corrected chi connectivity index (χ0v) is 9.87. The summed E-state index contributed by atoms with van der Waals surface area (Å²) in [6.07, 6.45) is 8.97. The third-order valence-electron chi connectivity index (χ3n) is 3.51. The number of likely N-dealkylation sites (N-methyl/N-ethyl adjacent to an activating group) is 1. The maximum Gasteiger partial charge on any atom is 0.147 e. The van der Waals surface area contributed by atoms with Gasteiger partial charge in [0.2, 0.25) is 0 Å². The lowest BCUT2D eigenvalue weighted by atomic mass is 10.2. The van der Waals surface area contributed by atoms with Crippen LogP contribution in [0.25, 0.3) is 0 Å². The molecule has 2 aliphatic carbocycles. The van der Waals surface area contributed by atoms with E-state index < -0.39 is 0 Å². The normalized spacial score (nSPS) is 20.9. The summed E-state index contributed by atoms with van der Waals surface area (Å²) < 4.78 is 0. The number of hydrogen-bond acceptors (Lipinski definition) is 2. The van der Waals surface area contributed by atoms with Crippen LogP contribution < -0.4 is 0 Å². The Bertz CT molecular complexity index is 219. The molecule has 0 amide bonds. The molecule has 2 heteroatoms. The van der Waals surface area contributed by atoms with Crippen molar-refractivity contribution in [3.8, 4) is 0 Å². The van der Waals surface area contributed by atoms with Gasteiger partial charge >= 0.3 is 0 Å². The van der Waals surface area contributed by atoms with Gasteiger partial charge in [0.15, 0.2) is 0 Å². The van der Waals surface area contributed by atoms with Crippen LogP contribution in [0.4, 0.5) is 0 Å². The largest absolute Gasteiger partial charge is 0.299 e. The van der Waals surface area contributed by atoms with Gasteiger partial charge in [-0.15, -0.1) is 0 Å². The van der Waals surface area contributed by atoms with Gasteiger partial charge in [-0.1, -0.05) is 12.8 Å². The topological polar surface area (TPSA) is 20.3 Å². The summed E-state index contributed by atoms with van der Waals surface area (Å²) in [4.78, 5) is 13.8. The van der Waals surface area contributed by atoms with E-state index in [1.54, 1.807) is 0 Å². The van der Waals surface area contributed by atoms with Gasteiger partial charge in [-0.3, -0.25) is 9.69 Å². The van der Waals surface area contributed by atoms with Gasteiger partial charge in [-0.05, 0) is 51.1 Å². The van der Waals surface area contributed by atoms with Crippen molar-refractivity contribution >= 4 is 5.78 Å². The Morgan fingerprint density at radius 1 is 1.20 bits per heavy atom. The van der Waals surface area contributed by atoms with Gasteiger partial charge < -0.3 is 0 Å². The number of Topliss-reactive ketones (excluding diaryl/α,β-unsaturated/α-hetero) is 1. The van der Waals surface area contributed by atoms with Crippen molar-refractivity contribution in [1.29, 1.82) is 0 Å². The molecular formula is C13H23NO. The second-order valence-corrected chi connectivity index (χ2v) is 5.51. The molecule has 2 saturated carbocycles. The van der Waals surface area contributed by atoms with Crippen LogP contribution in [0.1, 0.15) is 44.9 Å². The van der Waals surface area contributed by atoms with Gasteiger partial charge in [0.05, 0.1) is 6.54 Å². The third-order valence-corrected chi connectivity index (χ3v) is 3.51. The molecule has 86 valence electrons. The summed E-state index contributed by atoms with van der Waals surface area (Å²) in [5.41, 5.74) is 0. The first-order valence-corrected chi connectivity index (χ1v) is 6.44. The quantitative estimate of drug-likeness (QED) is 0.612. The number of nitrogens with zero attached hydrogens (tertiary/aromatic N) is 1. The molecule has 15 heavy (non-hydrogen) atoms. The van der Waals surface area contributed by atoms with Crippen LogP contribution in [0.5, 0.6) is 0 Å². The minimum Gasteiger partial charge on any atom is -0.299 e. The Morgan fingerprint density at radius 3 is 2.47 bits per heavy atom. The van der Waals surface area contributed by atoms with Crippen LogP contribution in [0.15, 0.2) is 0 Å². The van der Waals surface area contributed by atoms with Crippen LogP contribution in [0, 0.1) is 11.8 Å². The van der Waals surface area contributed by atoms with Gasteiger partial charge in [-0.2, -0.15) is 0 Å². The van der Waals surface area contributed by atoms with E-state index in [1.165, 1.54) is 38.5 Å². The van der Waals surface area contributed by atoms with E-state index in [4.69, 9.17) is 0 Å². The third kappa shape index (κ3) is 4.78. The van der Waals surface area contributed by atoms with Gasteiger partial charge in [0.25, 0.3) is 0 Å². The van der Waals surface area contributed by atoms with Crippen molar-refractivity contribution in [3.05, 3.63) is 0 Å². The molecule has 0 atom stereocenters. The Morgan fingerprint density at radius 2 is 1.87 bits per heavy atom. The SMILES string of the molecule is CN(CCCC1CC1)CC(=O)CC1CC1. The molecule has 0 aromatic rings. The van der Waals surface area contributed by atoms with Crippen LogP contribution in [0.3, 0.4) is 0 Å². The van der Waals surface area contributed by atoms with E-state index in [9.17, 15) is 4.79 Å². The minimum atomic E-state index is 0.450. The lowest BCUT2D eigenvalue weighted by Crippen LogP contribution is -2.27. The van der Waals surface area contributed by atoms with Gasteiger partial charge in [-0.25, -0.2) is 0 Å². The molecule has 0 aromatic carbocycles. The number of carbonyl (C=O) groups is 1. The molecule has 0 aliphatic heterocycles. The van der Waals surface area contributed by atoms with E-state index in [0.717, 1.165) is 24.8 Å². The maximum absolute atomic E-state index is 11.6. The van der Waals surface area contributed by atoms with Gasteiger partial charge in [0, 0.05) is 6.42 Å². The van der Waals surface area contributed by atoms with E-state index in [-0.39, 0.29) is 0 Å². The number of rotatable bonds is 8. The standard InChI is InChI=1S/C13H23NO/c1-14(8-2-3-11-4-5-11)10-13(15)9-12-6-7-12/h11-12H,2-10H2,1H3. The minimum absolute atomic E-state index is 0.450. The molecule has 0 heterocycles. The van der Waals surface area contributed by atoms with Crippen LogP contribution in [0.2, 0.25) is 0 Å². The van der Waals surface area contributed by atoms with E-state index in [2.05, 4.69) is 11.9 Å². The van der Waals surface area contributed by atoms with Crippen LogP contribution in [-0.4, -0.2) is 30.8 Å².